The zero-order valence-electron chi connectivity index (χ0n) is 17.6. The smallest absolute Gasteiger partial charge is 0.344 e. The van der Waals surface area contributed by atoms with E-state index in [1.165, 1.54) is 10.9 Å². The Balaban J connectivity index is 1.90. The van der Waals surface area contributed by atoms with Crippen molar-refractivity contribution in [1.82, 2.24) is 9.66 Å². The zero-order chi connectivity index (χ0) is 23.4. The summed E-state index contributed by atoms with van der Waals surface area (Å²) in [5.74, 6) is 0.149. The van der Waals surface area contributed by atoms with Gasteiger partial charge in [-0.25, -0.2) is 9.78 Å². The highest BCUT2D eigenvalue weighted by molar-refractivity contribution is 9.10. The number of aryl methyl sites for hydroxylation is 1. The summed E-state index contributed by atoms with van der Waals surface area (Å²) in [6.07, 6.45) is 1.72. The Bertz CT molecular complexity index is 1230. The molecule has 0 amide bonds. The number of benzene rings is 2. The summed E-state index contributed by atoms with van der Waals surface area (Å²) >= 11 is 15.9. The van der Waals surface area contributed by atoms with Crippen molar-refractivity contribution < 1.29 is 14.3 Å². The van der Waals surface area contributed by atoms with Gasteiger partial charge in [0.2, 0.25) is 0 Å². The first-order chi connectivity index (χ1) is 15.2. The summed E-state index contributed by atoms with van der Waals surface area (Å²) in [7, 11) is 0. The van der Waals surface area contributed by atoms with Crippen LogP contribution < -0.4 is 10.3 Å². The molecule has 1 heterocycles. The highest BCUT2D eigenvalue weighted by Crippen LogP contribution is 2.34. The second kappa shape index (κ2) is 10.5. The van der Waals surface area contributed by atoms with E-state index in [0.29, 0.717) is 28.7 Å². The molecular weight excluding hydrogens is 521 g/mol. The van der Waals surface area contributed by atoms with Gasteiger partial charge in [-0.05, 0) is 49.7 Å². The summed E-state index contributed by atoms with van der Waals surface area (Å²) in [4.78, 5) is 29.2. The molecule has 0 N–H and O–H groups in total. The van der Waals surface area contributed by atoms with Gasteiger partial charge >= 0.3 is 5.97 Å². The molecule has 0 aliphatic rings. The van der Waals surface area contributed by atoms with Crippen molar-refractivity contribution in [3.05, 3.63) is 66.6 Å². The highest BCUT2D eigenvalue weighted by Gasteiger charge is 2.14. The molecule has 0 atom stereocenters. The first-order valence-corrected chi connectivity index (χ1v) is 11.3. The molecule has 0 aliphatic heterocycles. The summed E-state index contributed by atoms with van der Waals surface area (Å²) in [6, 6.07) is 8.46. The largest absolute Gasteiger partial charge is 0.479 e. The number of fused-ring (bicyclic) bond motifs is 1. The van der Waals surface area contributed by atoms with Gasteiger partial charge in [0.25, 0.3) is 5.56 Å². The van der Waals surface area contributed by atoms with Gasteiger partial charge < -0.3 is 9.47 Å². The average Bonchev–Trinajstić information content (AvgIpc) is 2.72. The lowest BCUT2D eigenvalue weighted by Gasteiger charge is -2.12. The fourth-order valence-electron chi connectivity index (χ4n) is 2.89. The molecule has 0 spiro atoms. The average molecular weight is 541 g/mol. The number of ether oxygens (including phenoxy) is 2. The number of hydrogen-bond donors (Lipinski definition) is 0. The molecule has 0 fully saturated rings. The Morgan fingerprint density at radius 3 is 2.56 bits per heavy atom. The van der Waals surface area contributed by atoms with E-state index in [1.807, 2.05) is 13.0 Å². The first kappa shape index (κ1) is 24.2. The topological polar surface area (TPSA) is 82.8 Å². The number of carbonyl (C=O) groups excluding carboxylic acids is 1. The van der Waals surface area contributed by atoms with Crippen LogP contribution in [0.25, 0.3) is 10.9 Å². The monoisotopic (exact) mass is 539 g/mol. The van der Waals surface area contributed by atoms with Crippen LogP contribution in [0.4, 0.5) is 0 Å². The Morgan fingerprint density at radius 2 is 1.94 bits per heavy atom. The molecule has 32 heavy (non-hydrogen) atoms. The standard InChI is InChI=1S/C22H20BrCl2N3O4/c1-4-19-27-18-6-5-14(23)9-15(18)22(30)28(19)26-10-13-7-16(24)21(17(25)8-13)31-11-20(29)32-12(2)3/h5-10,12H,4,11H2,1-3H3. The predicted octanol–water partition coefficient (Wildman–Crippen LogP) is 5.24. The molecule has 168 valence electrons. The van der Waals surface area contributed by atoms with Crippen LogP contribution in [0.15, 0.2) is 44.7 Å². The van der Waals surface area contributed by atoms with Crippen molar-refractivity contribution >= 4 is 62.2 Å². The summed E-state index contributed by atoms with van der Waals surface area (Å²) in [6.45, 7) is 5.05. The van der Waals surface area contributed by atoms with Crippen molar-refractivity contribution in [1.29, 1.82) is 0 Å². The summed E-state index contributed by atoms with van der Waals surface area (Å²) < 4.78 is 12.5. The number of aromatic nitrogens is 2. The minimum Gasteiger partial charge on any atom is -0.479 e. The Morgan fingerprint density at radius 1 is 1.25 bits per heavy atom. The van der Waals surface area contributed by atoms with Gasteiger partial charge in [0.15, 0.2) is 12.4 Å². The van der Waals surface area contributed by atoms with Crippen LogP contribution in [0.3, 0.4) is 0 Å². The third-order valence-electron chi connectivity index (χ3n) is 4.24. The van der Waals surface area contributed by atoms with Crippen LogP contribution in [-0.4, -0.2) is 34.6 Å². The number of rotatable bonds is 7. The molecule has 0 saturated carbocycles. The molecule has 0 aliphatic carbocycles. The van der Waals surface area contributed by atoms with Crippen molar-refractivity contribution in [3.8, 4) is 5.75 Å². The van der Waals surface area contributed by atoms with E-state index < -0.39 is 5.97 Å². The fraction of sp³-hybridized carbons (Fsp3) is 0.273. The van der Waals surface area contributed by atoms with Gasteiger partial charge in [-0.15, -0.1) is 0 Å². The number of hydrogen-bond acceptors (Lipinski definition) is 6. The summed E-state index contributed by atoms with van der Waals surface area (Å²) in [5.41, 5.74) is 0.857. The highest BCUT2D eigenvalue weighted by atomic mass is 79.9. The molecular formula is C22H20BrCl2N3O4. The molecule has 0 radical (unpaired) electrons. The van der Waals surface area contributed by atoms with Crippen molar-refractivity contribution in [2.75, 3.05) is 6.61 Å². The van der Waals surface area contributed by atoms with Crippen molar-refractivity contribution in [2.45, 2.75) is 33.3 Å². The number of esters is 1. The Kier molecular flexibility index (Phi) is 7.92. The zero-order valence-corrected chi connectivity index (χ0v) is 20.7. The molecule has 3 rings (SSSR count). The molecule has 2 aromatic carbocycles. The quantitative estimate of drug-likeness (QED) is 0.302. The van der Waals surface area contributed by atoms with Crippen molar-refractivity contribution in [3.63, 3.8) is 0 Å². The molecule has 10 heteroatoms. The van der Waals surface area contributed by atoms with E-state index in [1.54, 1.807) is 38.1 Å². The molecule has 0 bridgehead atoms. The van der Waals surface area contributed by atoms with Crippen LogP contribution in [0.2, 0.25) is 10.0 Å². The van der Waals surface area contributed by atoms with Gasteiger partial charge in [-0.3, -0.25) is 4.79 Å². The number of halogens is 3. The van der Waals surface area contributed by atoms with Crippen molar-refractivity contribution in [2.24, 2.45) is 5.10 Å². The maximum absolute atomic E-state index is 13.0. The van der Waals surface area contributed by atoms with E-state index in [2.05, 4.69) is 26.0 Å². The lowest BCUT2D eigenvalue weighted by molar-refractivity contribution is -0.149. The van der Waals surface area contributed by atoms with Gasteiger partial charge in [0.1, 0.15) is 5.82 Å². The van der Waals surface area contributed by atoms with Crippen LogP contribution in [-0.2, 0) is 16.0 Å². The second-order valence-corrected chi connectivity index (χ2v) is 8.78. The summed E-state index contributed by atoms with van der Waals surface area (Å²) in [5, 5.41) is 5.15. The van der Waals surface area contributed by atoms with Gasteiger partial charge in [0.05, 0.1) is 33.3 Å². The van der Waals surface area contributed by atoms with Crippen LogP contribution in [0.5, 0.6) is 5.75 Å². The molecule has 0 unspecified atom stereocenters. The number of nitrogens with zero attached hydrogens (tertiary/aromatic N) is 3. The van der Waals surface area contributed by atoms with E-state index in [-0.39, 0.29) is 34.1 Å². The van der Waals surface area contributed by atoms with E-state index in [0.717, 1.165) is 4.47 Å². The van der Waals surface area contributed by atoms with Gasteiger partial charge in [-0.2, -0.15) is 9.78 Å². The minimum absolute atomic E-state index is 0.162. The minimum atomic E-state index is -0.528. The normalized spacial score (nSPS) is 11.5. The lowest BCUT2D eigenvalue weighted by atomic mass is 10.2. The second-order valence-electron chi connectivity index (χ2n) is 7.05. The fourth-order valence-corrected chi connectivity index (χ4v) is 3.86. The van der Waals surface area contributed by atoms with Crippen LogP contribution >= 0.6 is 39.1 Å². The molecule has 1 aromatic heterocycles. The predicted molar refractivity (Wildman–Crippen MR) is 129 cm³/mol. The first-order valence-electron chi connectivity index (χ1n) is 9.76. The lowest BCUT2D eigenvalue weighted by Crippen LogP contribution is -2.22. The van der Waals surface area contributed by atoms with Gasteiger partial charge in [0, 0.05) is 10.9 Å². The molecule has 0 saturated heterocycles. The Hall–Kier alpha value is -2.42. The molecule has 3 aromatic rings. The van der Waals surface area contributed by atoms with E-state index >= 15 is 0 Å². The SMILES string of the molecule is CCc1nc2ccc(Br)cc2c(=O)n1N=Cc1cc(Cl)c(OCC(=O)OC(C)C)c(Cl)c1. The maximum Gasteiger partial charge on any atom is 0.344 e. The third-order valence-corrected chi connectivity index (χ3v) is 5.29. The maximum atomic E-state index is 13.0. The third kappa shape index (κ3) is 5.68. The van der Waals surface area contributed by atoms with Crippen LogP contribution in [0.1, 0.15) is 32.2 Å². The van der Waals surface area contributed by atoms with Gasteiger partial charge in [-0.1, -0.05) is 46.1 Å². The van der Waals surface area contributed by atoms with E-state index in [4.69, 9.17) is 32.7 Å². The number of carbonyl (C=O) groups is 1. The Labute approximate surface area is 203 Å². The van der Waals surface area contributed by atoms with E-state index in [9.17, 15) is 9.59 Å². The molecule has 7 nitrogen and oxygen atoms in total. The van der Waals surface area contributed by atoms with Crippen LogP contribution in [0, 0.1) is 0 Å².